The molecule has 1 aliphatic heterocycles. The Labute approximate surface area is 177 Å². The quantitative estimate of drug-likeness (QED) is 0.535. The molecular formula is C20H31ClN4O4. The van der Waals surface area contributed by atoms with Crippen LogP contribution >= 0.6 is 12.4 Å². The van der Waals surface area contributed by atoms with Gasteiger partial charge in [0.1, 0.15) is 0 Å². The first kappa shape index (κ1) is 24.8. The summed E-state index contributed by atoms with van der Waals surface area (Å²) in [6.45, 7) is 6.94. The fourth-order valence-electron chi connectivity index (χ4n) is 3.55. The van der Waals surface area contributed by atoms with E-state index >= 15 is 0 Å². The van der Waals surface area contributed by atoms with Crippen LogP contribution in [-0.4, -0.2) is 47.3 Å². The van der Waals surface area contributed by atoms with Crippen molar-refractivity contribution in [2.24, 2.45) is 5.73 Å². The summed E-state index contributed by atoms with van der Waals surface area (Å²) in [5, 5.41) is 14.4. The van der Waals surface area contributed by atoms with Crippen LogP contribution < -0.4 is 11.1 Å². The van der Waals surface area contributed by atoms with Crippen molar-refractivity contribution >= 4 is 29.9 Å². The zero-order valence-electron chi connectivity index (χ0n) is 17.3. The number of amides is 2. The van der Waals surface area contributed by atoms with Gasteiger partial charge in [0.15, 0.2) is 0 Å². The van der Waals surface area contributed by atoms with Crippen molar-refractivity contribution in [2.75, 3.05) is 19.6 Å². The average Bonchev–Trinajstić information content (AvgIpc) is 2.65. The van der Waals surface area contributed by atoms with Gasteiger partial charge in [-0.25, -0.2) is 0 Å². The number of nitrogens with two attached hydrogens (primary N) is 1. The van der Waals surface area contributed by atoms with E-state index in [1.54, 1.807) is 17.0 Å². The predicted octanol–water partition coefficient (Wildman–Crippen LogP) is 2.77. The summed E-state index contributed by atoms with van der Waals surface area (Å²) >= 11 is 0. The lowest BCUT2D eigenvalue weighted by molar-refractivity contribution is -0.386. The zero-order valence-corrected chi connectivity index (χ0v) is 18.1. The molecule has 3 N–H and O–H groups in total. The Morgan fingerprint density at radius 1 is 1.31 bits per heavy atom. The van der Waals surface area contributed by atoms with E-state index in [0.717, 1.165) is 19.3 Å². The number of nitro groups is 1. The smallest absolute Gasteiger partial charge is 0.273 e. The van der Waals surface area contributed by atoms with Gasteiger partial charge in [0, 0.05) is 49.3 Å². The van der Waals surface area contributed by atoms with E-state index in [2.05, 4.69) is 5.32 Å². The molecule has 1 atom stereocenters. The van der Waals surface area contributed by atoms with E-state index in [4.69, 9.17) is 5.73 Å². The van der Waals surface area contributed by atoms with Gasteiger partial charge >= 0.3 is 0 Å². The number of piperidine rings is 1. The van der Waals surface area contributed by atoms with E-state index in [-0.39, 0.29) is 48.9 Å². The molecule has 1 aliphatic rings. The van der Waals surface area contributed by atoms with Crippen molar-refractivity contribution in [2.45, 2.75) is 57.9 Å². The van der Waals surface area contributed by atoms with Crippen molar-refractivity contribution in [3.63, 3.8) is 0 Å². The third-order valence-electron chi connectivity index (χ3n) is 5.04. The van der Waals surface area contributed by atoms with Gasteiger partial charge in [-0.05, 0) is 30.7 Å². The van der Waals surface area contributed by atoms with Crippen LogP contribution in [0, 0.1) is 10.1 Å². The largest absolute Gasteiger partial charge is 0.354 e. The molecule has 1 aromatic rings. The normalized spacial score (nSPS) is 16.7. The van der Waals surface area contributed by atoms with Crippen LogP contribution in [0.25, 0.3) is 0 Å². The molecule has 162 valence electrons. The minimum atomic E-state index is -0.432. The number of carbonyl (C=O) groups excluding carboxylic acids is 2. The second kappa shape index (κ2) is 10.5. The van der Waals surface area contributed by atoms with Gasteiger partial charge in [0.05, 0.1) is 4.92 Å². The first-order chi connectivity index (χ1) is 13.1. The molecule has 0 radical (unpaired) electrons. The predicted molar refractivity (Wildman–Crippen MR) is 114 cm³/mol. The fourth-order valence-corrected chi connectivity index (χ4v) is 3.55. The van der Waals surface area contributed by atoms with E-state index in [1.807, 2.05) is 20.8 Å². The topological polar surface area (TPSA) is 119 Å². The molecule has 8 nitrogen and oxygen atoms in total. The number of benzene rings is 1. The molecule has 2 amide bonds. The Morgan fingerprint density at radius 3 is 2.59 bits per heavy atom. The maximum atomic E-state index is 13.1. The standard InChI is InChI=1S/C20H30N4O4.ClH/c1-20(2,3)16-8-7-14(12-17(16)24(27)28)19(26)23-11-5-4-6-15(23)13-22-18(25)9-10-21;/h7-8,12,15H,4-6,9-11,13,21H2,1-3H3,(H,22,25);1H. The van der Waals surface area contributed by atoms with Crippen molar-refractivity contribution < 1.29 is 14.5 Å². The Hall–Kier alpha value is -2.19. The summed E-state index contributed by atoms with van der Waals surface area (Å²) < 4.78 is 0. The van der Waals surface area contributed by atoms with E-state index in [1.165, 1.54) is 6.07 Å². The molecule has 0 spiro atoms. The number of nitrogens with zero attached hydrogens (tertiary/aromatic N) is 2. The van der Waals surface area contributed by atoms with E-state index < -0.39 is 10.3 Å². The highest BCUT2D eigenvalue weighted by molar-refractivity contribution is 5.95. The molecule has 1 aromatic carbocycles. The third-order valence-corrected chi connectivity index (χ3v) is 5.04. The molecule has 2 rings (SSSR count). The number of hydrogen-bond acceptors (Lipinski definition) is 5. The van der Waals surface area contributed by atoms with Crippen LogP contribution in [0.2, 0.25) is 0 Å². The lowest BCUT2D eigenvalue weighted by atomic mass is 9.85. The molecule has 0 aliphatic carbocycles. The van der Waals surface area contributed by atoms with Gasteiger partial charge in [0.25, 0.3) is 11.6 Å². The van der Waals surface area contributed by atoms with Crippen molar-refractivity contribution in [3.8, 4) is 0 Å². The number of nitro benzene ring substituents is 1. The van der Waals surface area contributed by atoms with Gasteiger partial charge in [-0.3, -0.25) is 19.7 Å². The lowest BCUT2D eigenvalue weighted by Gasteiger charge is -2.36. The molecule has 29 heavy (non-hydrogen) atoms. The molecule has 1 fully saturated rings. The Bertz CT molecular complexity index is 748. The molecule has 1 unspecified atom stereocenters. The van der Waals surface area contributed by atoms with Crippen molar-refractivity contribution in [1.82, 2.24) is 10.2 Å². The first-order valence-corrected chi connectivity index (χ1v) is 9.71. The highest BCUT2D eigenvalue weighted by Gasteiger charge is 2.31. The SMILES string of the molecule is CC(C)(C)c1ccc(C(=O)N2CCCCC2CNC(=O)CCN)cc1[N+](=O)[O-].Cl. The van der Waals surface area contributed by atoms with Crippen molar-refractivity contribution in [3.05, 3.63) is 39.4 Å². The summed E-state index contributed by atoms with van der Waals surface area (Å²) in [5.74, 6) is -0.369. The number of hydrogen-bond donors (Lipinski definition) is 2. The van der Waals surface area contributed by atoms with E-state index in [9.17, 15) is 19.7 Å². The molecule has 0 saturated carbocycles. The minimum Gasteiger partial charge on any atom is -0.354 e. The number of nitrogens with one attached hydrogen (secondary N) is 1. The zero-order chi connectivity index (χ0) is 20.9. The van der Waals surface area contributed by atoms with Gasteiger partial charge in [-0.15, -0.1) is 12.4 Å². The van der Waals surface area contributed by atoms with Crippen LogP contribution in [0.3, 0.4) is 0 Å². The summed E-state index contributed by atoms with van der Waals surface area (Å²) in [5.41, 5.74) is 5.85. The summed E-state index contributed by atoms with van der Waals surface area (Å²) in [4.78, 5) is 37.6. The average molecular weight is 427 g/mol. The van der Waals surface area contributed by atoms with Crippen LogP contribution in [0.15, 0.2) is 18.2 Å². The van der Waals surface area contributed by atoms with Crippen LogP contribution in [0.4, 0.5) is 5.69 Å². The second-order valence-electron chi connectivity index (χ2n) is 8.23. The highest BCUT2D eigenvalue weighted by Crippen LogP contribution is 2.32. The monoisotopic (exact) mass is 426 g/mol. The van der Waals surface area contributed by atoms with Crippen LogP contribution in [0.5, 0.6) is 0 Å². The van der Waals surface area contributed by atoms with Gasteiger partial charge < -0.3 is 16.0 Å². The number of halogens is 1. The molecule has 1 saturated heterocycles. The third kappa shape index (κ3) is 6.40. The summed E-state index contributed by atoms with van der Waals surface area (Å²) in [6.07, 6.45) is 2.89. The first-order valence-electron chi connectivity index (χ1n) is 9.71. The molecule has 0 aromatic heterocycles. The Kier molecular flexibility index (Phi) is 9.04. The second-order valence-corrected chi connectivity index (χ2v) is 8.23. The number of likely N-dealkylation sites (tertiary alicyclic amines) is 1. The summed E-state index contributed by atoms with van der Waals surface area (Å²) in [7, 11) is 0. The fraction of sp³-hybridized carbons (Fsp3) is 0.600. The van der Waals surface area contributed by atoms with Gasteiger partial charge in [-0.1, -0.05) is 26.8 Å². The van der Waals surface area contributed by atoms with E-state index in [0.29, 0.717) is 24.2 Å². The lowest BCUT2D eigenvalue weighted by Crippen LogP contribution is -2.49. The molecular weight excluding hydrogens is 396 g/mol. The molecule has 9 heteroatoms. The maximum absolute atomic E-state index is 13.1. The highest BCUT2D eigenvalue weighted by atomic mass is 35.5. The number of rotatable bonds is 6. The van der Waals surface area contributed by atoms with Gasteiger partial charge in [-0.2, -0.15) is 0 Å². The maximum Gasteiger partial charge on any atom is 0.273 e. The molecule has 0 bridgehead atoms. The number of carbonyl (C=O) groups is 2. The van der Waals surface area contributed by atoms with Gasteiger partial charge in [0.2, 0.25) is 5.91 Å². The molecule has 1 heterocycles. The Balaban J connectivity index is 0.00000420. The minimum absolute atomic E-state index is 0. The van der Waals surface area contributed by atoms with Crippen LogP contribution in [-0.2, 0) is 10.2 Å². The van der Waals surface area contributed by atoms with Crippen molar-refractivity contribution in [1.29, 1.82) is 0 Å². The summed E-state index contributed by atoms with van der Waals surface area (Å²) in [6, 6.07) is 4.59. The Morgan fingerprint density at radius 2 is 2.00 bits per heavy atom. The van der Waals surface area contributed by atoms with Crippen LogP contribution in [0.1, 0.15) is 62.4 Å².